The van der Waals surface area contributed by atoms with Gasteiger partial charge in [-0.1, -0.05) is 0 Å². The highest BCUT2D eigenvalue weighted by Gasteiger charge is 2.58. The van der Waals surface area contributed by atoms with E-state index in [1.54, 1.807) is 7.05 Å². The highest BCUT2D eigenvalue weighted by atomic mass is 32.2. The first-order valence-electron chi connectivity index (χ1n) is 7.59. The van der Waals surface area contributed by atoms with Crippen molar-refractivity contribution in [2.75, 3.05) is 45.7 Å². The summed E-state index contributed by atoms with van der Waals surface area (Å²) in [7, 11) is 2.40. The van der Waals surface area contributed by atoms with E-state index in [1.165, 1.54) is 4.90 Å². The average molecular weight is 331 g/mol. The zero-order valence-corrected chi connectivity index (χ0v) is 14.3. The van der Waals surface area contributed by atoms with Crippen LogP contribution in [0.2, 0.25) is 0 Å². The van der Waals surface area contributed by atoms with Gasteiger partial charge in [-0.15, -0.1) is 0 Å². The number of carbonyl (C=O) groups is 2. The predicted molar refractivity (Wildman–Crippen MR) is 83.1 cm³/mol. The van der Waals surface area contributed by atoms with Gasteiger partial charge in [0.15, 0.2) is 9.84 Å². The molecule has 2 amide bonds. The Hall–Kier alpha value is -1.15. The van der Waals surface area contributed by atoms with Crippen molar-refractivity contribution in [1.29, 1.82) is 0 Å². The molecular formula is C14H25N3O4S. The summed E-state index contributed by atoms with van der Waals surface area (Å²) in [5.41, 5.74) is -0.965. The smallest absolute Gasteiger partial charge is 0.238 e. The molecule has 0 spiro atoms. The number of hydrogen-bond acceptors (Lipinski definition) is 5. The van der Waals surface area contributed by atoms with Gasteiger partial charge in [-0.3, -0.25) is 9.59 Å². The van der Waals surface area contributed by atoms with E-state index < -0.39 is 15.3 Å². The van der Waals surface area contributed by atoms with Gasteiger partial charge in [-0.2, -0.15) is 0 Å². The molecule has 7 nitrogen and oxygen atoms in total. The van der Waals surface area contributed by atoms with Crippen molar-refractivity contribution < 1.29 is 18.0 Å². The van der Waals surface area contributed by atoms with Crippen molar-refractivity contribution in [2.24, 2.45) is 5.41 Å². The van der Waals surface area contributed by atoms with E-state index in [2.05, 4.69) is 5.32 Å². The zero-order valence-electron chi connectivity index (χ0n) is 13.5. The Morgan fingerprint density at radius 3 is 2.32 bits per heavy atom. The first kappa shape index (κ1) is 17.2. The quantitative estimate of drug-likeness (QED) is 0.637. The summed E-state index contributed by atoms with van der Waals surface area (Å²) in [6, 6.07) is -0.301. The van der Waals surface area contributed by atoms with Gasteiger partial charge in [-0.05, 0) is 33.4 Å². The third-order valence-electron chi connectivity index (χ3n) is 4.52. The van der Waals surface area contributed by atoms with Crippen LogP contribution in [0.15, 0.2) is 0 Å². The van der Waals surface area contributed by atoms with Gasteiger partial charge in [0.05, 0.1) is 11.5 Å². The lowest BCUT2D eigenvalue weighted by Gasteiger charge is -2.27. The highest BCUT2D eigenvalue weighted by molar-refractivity contribution is 7.91. The van der Waals surface area contributed by atoms with Crippen LogP contribution in [0.25, 0.3) is 0 Å². The lowest BCUT2D eigenvalue weighted by atomic mass is 10.0. The Morgan fingerprint density at radius 1 is 1.23 bits per heavy atom. The molecule has 1 aliphatic carbocycles. The van der Waals surface area contributed by atoms with Crippen LogP contribution in [0.4, 0.5) is 0 Å². The van der Waals surface area contributed by atoms with E-state index >= 15 is 0 Å². The van der Waals surface area contributed by atoms with Crippen molar-refractivity contribution in [3.05, 3.63) is 0 Å². The molecule has 1 saturated carbocycles. The lowest BCUT2D eigenvalue weighted by Crippen LogP contribution is -2.48. The fourth-order valence-electron chi connectivity index (χ4n) is 2.81. The zero-order chi connectivity index (χ0) is 16.5. The van der Waals surface area contributed by atoms with Crippen molar-refractivity contribution in [1.82, 2.24) is 15.1 Å². The van der Waals surface area contributed by atoms with Crippen LogP contribution in [0.1, 0.15) is 19.3 Å². The molecule has 1 saturated heterocycles. The Bertz CT molecular complexity index is 554. The molecule has 2 aliphatic rings. The number of carbonyl (C=O) groups excluding carboxylic acids is 2. The van der Waals surface area contributed by atoms with E-state index in [4.69, 9.17) is 0 Å². The number of likely N-dealkylation sites (N-methyl/N-ethyl adjacent to an activating group) is 1. The second kappa shape index (κ2) is 6.16. The van der Waals surface area contributed by atoms with Gasteiger partial charge < -0.3 is 15.1 Å². The van der Waals surface area contributed by atoms with Crippen molar-refractivity contribution >= 4 is 21.7 Å². The third kappa shape index (κ3) is 3.60. The lowest BCUT2D eigenvalue weighted by molar-refractivity contribution is -0.144. The topological polar surface area (TPSA) is 86.8 Å². The van der Waals surface area contributed by atoms with Crippen LogP contribution in [-0.2, 0) is 19.4 Å². The average Bonchev–Trinajstić information content (AvgIpc) is 3.16. The molecule has 2 fully saturated rings. The minimum atomic E-state index is -3.04. The Morgan fingerprint density at radius 2 is 1.86 bits per heavy atom. The van der Waals surface area contributed by atoms with Gasteiger partial charge in [0.1, 0.15) is 5.41 Å². The largest absolute Gasteiger partial charge is 0.354 e. The van der Waals surface area contributed by atoms with E-state index in [0.717, 1.165) is 0 Å². The molecule has 1 atom stereocenters. The molecule has 1 heterocycles. The van der Waals surface area contributed by atoms with Crippen molar-refractivity contribution in [2.45, 2.75) is 25.3 Å². The van der Waals surface area contributed by atoms with E-state index in [1.807, 2.05) is 19.0 Å². The van der Waals surface area contributed by atoms with Gasteiger partial charge in [0.2, 0.25) is 11.8 Å². The first-order valence-corrected chi connectivity index (χ1v) is 9.41. The molecular weight excluding hydrogens is 306 g/mol. The molecule has 8 heteroatoms. The van der Waals surface area contributed by atoms with Crippen LogP contribution < -0.4 is 5.32 Å². The summed E-state index contributed by atoms with van der Waals surface area (Å²) >= 11 is 0. The molecule has 2 rings (SSSR count). The van der Waals surface area contributed by atoms with E-state index in [9.17, 15) is 18.0 Å². The summed E-state index contributed by atoms with van der Waals surface area (Å²) in [5.74, 6) is -0.339. The Kier molecular flexibility index (Phi) is 4.81. The third-order valence-corrected chi connectivity index (χ3v) is 6.27. The van der Waals surface area contributed by atoms with Gasteiger partial charge in [0, 0.05) is 26.2 Å². The van der Waals surface area contributed by atoms with Gasteiger partial charge in [-0.25, -0.2) is 8.42 Å². The first-order chi connectivity index (χ1) is 10.2. The summed E-state index contributed by atoms with van der Waals surface area (Å²) in [5, 5.41) is 2.81. The number of nitrogens with one attached hydrogen (secondary N) is 1. The summed E-state index contributed by atoms with van der Waals surface area (Å²) < 4.78 is 23.1. The standard InChI is InChI=1S/C14H25N3O4S/c1-16(2)8-7-15-12(18)14(5-6-14)13(19)17(3)11-4-9-22(20,21)10-11/h11H,4-10H2,1-3H3,(H,15,18). The maximum atomic E-state index is 12.6. The summed E-state index contributed by atoms with van der Waals surface area (Å²) in [6.45, 7) is 1.22. The highest BCUT2D eigenvalue weighted by Crippen LogP contribution is 2.47. The molecule has 0 aromatic carbocycles. The minimum absolute atomic E-state index is 0.00751. The number of hydrogen-bond donors (Lipinski definition) is 1. The molecule has 1 unspecified atom stereocenters. The Balaban J connectivity index is 1.95. The number of amides is 2. The SMILES string of the molecule is CN(C)CCNC(=O)C1(C(=O)N(C)C2CCS(=O)(=O)C2)CC1. The molecule has 0 aromatic heterocycles. The van der Waals surface area contributed by atoms with Crippen molar-refractivity contribution in [3.63, 3.8) is 0 Å². The predicted octanol–water partition coefficient (Wildman–Crippen LogP) is -0.910. The van der Waals surface area contributed by atoms with Crippen LogP contribution in [-0.4, -0.2) is 81.8 Å². The number of sulfone groups is 1. The monoisotopic (exact) mass is 331 g/mol. The second-order valence-corrected chi connectivity index (χ2v) is 8.84. The van der Waals surface area contributed by atoms with Crippen LogP contribution in [0.5, 0.6) is 0 Å². The molecule has 126 valence electrons. The maximum Gasteiger partial charge on any atom is 0.238 e. The van der Waals surface area contributed by atoms with E-state index in [0.29, 0.717) is 32.4 Å². The summed E-state index contributed by atoms with van der Waals surface area (Å²) in [6.07, 6.45) is 1.55. The molecule has 1 N–H and O–H groups in total. The minimum Gasteiger partial charge on any atom is -0.354 e. The molecule has 1 aliphatic heterocycles. The number of nitrogens with zero attached hydrogens (tertiary/aromatic N) is 2. The normalized spacial score (nSPS) is 25.0. The fourth-order valence-corrected chi connectivity index (χ4v) is 4.58. The van der Waals surface area contributed by atoms with Gasteiger partial charge in [0.25, 0.3) is 0 Å². The van der Waals surface area contributed by atoms with Crippen LogP contribution >= 0.6 is 0 Å². The van der Waals surface area contributed by atoms with Crippen molar-refractivity contribution in [3.8, 4) is 0 Å². The van der Waals surface area contributed by atoms with Crippen LogP contribution in [0.3, 0.4) is 0 Å². The molecule has 22 heavy (non-hydrogen) atoms. The maximum absolute atomic E-state index is 12.6. The van der Waals surface area contributed by atoms with Gasteiger partial charge >= 0.3 is 0 Å². The second-order valence-electron chi connectivity index (χ2n) is 6.61. The molecule has 0 radical (unpaired) electrons. The number of rotatable bonds is 6. The van der Waals surface area contributed by atoms with Crippen LogP contribution in [0, 0.1) is 5.41 Å². The fraction of sp³-hybridized carbons (Fsp3) is 0.857. The van der Waals surface area contributed by atoms with E-state index in [-0.39, 0.29) is 29.4 Å². The molecule has 0 aromatic rings. The Labute approximate surface area is 131 Å². The summed E-state index contributed by atoms with van der Waals surface area (Å²) in [4.78, 5) is 28.4. The molecule has 0 bridgehead atoms.